The van der Waals surface area contributed by atoms with Crippen LogP contribution in [0.5, 0.6) is 0 Å². The molecule has 1 amide bonds. The number of hydrogen-bond donors (Lipinski definition) is 1. The zero-order valence-corrected chi connectivity index (χ0v) is 13.8. The molecule has 0 radical (unpaired) electrons. The minimum Gasteiger partial charge on any atom is -0.338 e. The van der Waals surface area contributed by atoms with Gasteiger partial charge < -0.3 is 10.2 Å². The van der Waals surface area contributed by atoms with Crippen LogP contribution >= 0.6 is 35.5 Å². The molecule has 2 heterocycles. The third-order valence-corrected chi connectivity index (χ3v) is 5.15. The lowest BCUT2D eigenvalue weighted by atomic mass is 9.98. The molecular weight excluding hydrogens is 300 g/mol. The molecule has 2 rings (SSSR count). The molecule has 19 heavy (non-hydrogen) atoms. The van der Waals surface area contributed by atoms with Crippen LogP contribution in [0.15, 0.2) is 16.3 Å². The first-order valence-electron chi connectivity index (χ1n) is 6.31. The molecule has 0 saturated carbocycles. The number of likely N-dealkylation sites (tertiary alicyclic amines) is 1. The molecule has 1 atom stereocenters. The summed E-state index contributed by atoms with van der Waals surface area (Å²) in [5, 5.41) is 5.22. The van der Waals surface area contributed by atoms with E-state index in [-0.39, 0.29) is 18.3 Å². The molecule has 1 aliphatic heterocycles. The average molecular weight is 321 g/mol. The molecule has 1 aromatic heterocycles. The standard InChI is InChI=1S/C13H20N2OS2.ClH/c1-14-8-10-4-3-6-15(9-10)13(16)12-11(17-2)5-7-18-12;/h5,7,10,14H,3-4,6,8-9H2,1-2H3;1H. The maximum Gasteiger partial charge on any atom is 0.265 e. The molecule has 0 aromatic carbocycles. The Hall–Kier alpha value is -0.230. The fourth-order valence-corrected chi connectivity index (χ4v) is 4.17. The van der Waals surface area contributed by atoms with Crippen LogP contribution in [0, 0.1) is 5.92 Å². The van der Waals surface area contributed by atoms with Crippen molar-refractivity contribution in [2.75, 3.05) is 32.9 Å². The van der Waals surface area contributed by atoms with E-state index in [0.717, 1.165) is 35.8 Å². The van der Waals surface area contributed by atoms with Gasteiger partial charge in [-0.15, -0.1) is 35.5 Å². The summed E-state index contributed by atoms with van der Waals surface area (Å²) in [4.78, 5) is 16.5. The SMILES string of the molecule is CNCC1CCCN(C(=O)c2sccc2SC)C1.Cl. The number of carbonyl (C=O) groups is 1. The predicted octanol–water partition coefficient (Wildman–Crippen LogP) is 2.96. The van der Waals surface area contributed by atoms with Gasteiger partial charge in [0.15, 0.2) is 0 Å². The Morgan fingerprint density at radius 3 is 3.11 bits per heavy atom. The lowest BCUT2D eigenvalue weighted by molar-refractivity contribution is 0.0676. The first kappa shape index (κ1) is 16.8. The van der Waals surface area contributed by atoms with Gasteiger partial charge in [0.1, 0.15) is 4.88 Å². The van der Waals surface area contributed by atoms with Crippen molar-refractivity contribution in [2.45, 2.75) is 17.7 Å². The fraction of sp³-hybridized carbons (Fsp3) is 0.615. The Bertz CT molecular complexity index is 409. The maximum atomic E-state index is 12.5. The van der Waals surface area contributed by atoms with Gasteiger partial charge in [-0.1, -0.05) is 0 Å². The van der Waals surface area contributed by atoms with Crippen molar-refractivity contribution in [3.05, 3.63) is 16.3 Å². The molecule has 1 fully saturated rings. The quantitative estimate of drug-likeness (QED) is 0.866. The molecule has 1 unspecified atom stereocenters. The summed E-state index contributed by atoms with van der Waals surface area (Å²) >= 11 is 3.22. The summed E-state index contributed by atoms with van der Waals surface area (Å²) in [5.74, 6) is 0.820. The number of halogens is 1. The molecule has 0 spiro atoms. The van der Waals surface area contributed by atoms with Crippen LogP contribution in [0.4, 0.5) is 0 Å². The van der Waals surface area contributed by atoms with Crippen LogP contribution in [0.1, 0.15) is 22.5 Å². The topological polar surface area (TPSA) is 32.3 Å². The van der Waals surface area contributed by atoms with E-state index in [9.17, 15) is 4.79 Å². The van der Waals surface area contributed by atoms with Gasteiger partial charge in [0.25, 0.3) is 5.91 Å². The molecule has 1 saturated heterocycles. The van der Waals surface area contributed by atoms with Crippen LogP contribution in [0.25, 0.3) is 0 Å². The van der Waals surface area contributed by atoms with E-state index in [2.05, 4.69) is 5.32 Å². The molecule has 0 bridgehead atoms. The average Bonchev–Trinajstić information content (AvgIpc) is 2.87. The molecule has 3 nitrogen and oxygen atoms in total. The van der Waals surface area contributed by atoms with E-state index in [1.807, 2.05) is 29.6 Å². The molecule has 108 valence electrons. The number of hydrogen-bond acceptors (Lipinski definition) is 4. The lowest BCUT2D eigenvalue weighted by Gasteiger charge is -2.32. The van der Waals surface area contributed by atoms with Gasteiger partial charge >= 0.3 is 0 Å². The number of rotatable bonds is 4. The number of nitrogens with one attached hydrogen (secondary N) is 1. The summed E-state index contributed by atoms with van der Waals surface area (Å²) in [6.45, 7) is 2.81. The van der Waals surface area contributed by atoms with Gasteiger partial charge in [-0.05, 0) is 50.1 Å². The third-order valence-electron chi connectivity index (χ3n) is 3.34. The van der Waals surface area contributed by atoms with E-state index in [1.54, 1.807) is 23.1 Å². The maximum absolute atomic E-state index is 12.5. The number of carbonyl (C=O) groups excluding carboxylic acids is 1. The van der Waals surface area contributed by atoms with Crippen molar-refractivity contribution < 1.29 is 4.79 Å². The van der Waals surface area contributed by atoms with Crippen LogP contribution in [0.3, 0.4) is 0 Å². The molecule has 1 aromatic rings. The molecule has 6 heteroatoms. The van der Waals surface area contributed by atoms with Crippen LogP contribution < -0.4 is 5.32 Å². The van der Waals surface area contributed by atoms with Gasteiger partial charge in [0.2, 0.25) is 0 Å². The second kappa shape index (κ2) is 8.15. The highest BCUT2D eigenvalue weighted by molar-refractivity contribution is 7.98. The Balaban J connectivity index is 0.00000180. The predicted molar refractivity (Wildman–Crippen MR) is 85.9 cm³/mol. The van der Waals surface area contributed by atoms with Crippen molar-refractivity contribution in [1.82, 2.24) is 10.2 Å². The molecule has 1 N–H and O–H groups in total. The van der Waals surface area contributed by atoms with E-state index in [1.165, 1.54) is 6.42 Å². The van der Waals surface area contributed by atoms with Crippen LogP contribution in [-0.2, 0) is 0 Å². The van der Waals surface area contributed by atoms with Gasteiger partial charge in [0.05, 0.1) is 0 Å². The molecule has 0 aliphatic carbocycles. The molecular formula is C13H21ClN2OS2. The van der Waals surface area contributed by atoms with Gasteiger partial charge in [-0.2, -0.15) is 0 Å². The lowest BCUT2D eigenvalue weighted by Crippen LogP contribution is -2.42. The summed E-state index contributed by atoms with van der Waals surface area (Å²) in [7, 11) is 1.98. The van der Waals surface area contributed by atoms with E-state index in [0.29, 0.717) is 5.92 Å². The first-order valence-corrected chi connectivity index (χ1v) is 8.42. The summed E-state index contributed by atoms with van der Waals surface area (Å²) in [6.07, 6.45) is 4.38. The highest BCUT2D eigenvalue weighted by atomic mass is 35.5. The first-order chi connectivity index (χ1) is 8.76. The second-order valence-electron chi connectivity index (χ2n) is 4.64. The zero-order valence-electron chi connectivity index (χ0n) is 11.3. The zero-order chi connectivity index (χ0) is 13.0. The van der Waals surface area contributed by atoms with E-state index < -0.39 is 0 Å². The minimum absolute atomic E-state index is 0. The summed E-state index contributed by atoms with van der Waals surface area (Å²) < 4.78 is 0. The summed E-state index contributed by atoms with van der Waals surface area (Å²) in [6, 6.07) is 2.04. The normalized spacial score (nSPS) is 19.1. The largest absolute Gasteiger partial charge is 0.338 e. The van der Waals surface area contributed by atoms with Crippen molar-refractivity contribution in [1.29, 1.82) is 0 Å². The highest BCUT2D eigenvalue weighted by Gasteiger charge is 2.25. The van der Waals surface area contributed by atoms with Crippen molar-refractivity contribution >= 4 is 41.4 Å². The number of amides is 1. The third kappa shape index (κ3) is 4.12. The highest BCUT2D eigenvalue weighted by Crippen LogP contribution is 2.28. The van der Waals surface area contributed by atoms with Gasteiger partial charge in [-0.25, -0.2) is 0 Å². The second-order valence-corrected chi connectivity index (χ2v) is 6.40. The van der Waals surface area contributed by atoms with Crippen LogP contribution in [-0.4, -0.2) is 43.7 Å². The van der Waals surface area contributed by atoms with Gasteiger partial charge in [-0.3, -0.25) is 4.79 Å². The number of thioether (sulfide) groups is 1. The number of piperidine rings is 1. The Morgan fingerprint density at radius 1 is 1.63 bits per heavy atom. The van der Waals surface area contributed by atoms with Gasteiger partial charge in [0, 0.05) is 18.0 Å². The Labute approximate surface area is 129 Å². The fourth-order valence-electron chi connectivity index (χ4n) is 2.46. The number of nitrogens with zero attached hydrogens (tertiary/aromatic N) is 1. The number of thiophene rings is 1. The van der Waals surface area contributed by atoms with Crippen molar-refractivity contribution in [3.8, 4) is 0 Å². The summed E-state index contributed by atoms with van der Waals surface area (Å²) in [5.41, 5.74) is 0. The van der Waals surface area contributed by atoms with E-state index in [4.69, 9.17) is 0 Å². The molecule has 1 aliphatic rings. The Kier molecular flexibility index (Phi) is 7.21. The smallest absolute Gasteiger partial charge is 0.265 e. The van der Waals surface area contributed by atoms with Crippen LogP contribution in [0.2, 0.25) is 0 Å². The Morgan fingerprint density at radius 2 is 2.42 bits per heavy atom. The van der Waals surface area contributed by atoms with E-state index >= 15 is 0 Å². The monoisotopic (exact) mass is 320 g/mol. The van der Waals surface area contributed by atoms with Crippen molar-refractivity contribution in [2.24, 2.45) is 5.92 Å². The van der Waals surface area contributed by atoms with Crippen molar-refractivity contribution in [3.63, 3.8) is 0 Å². The minimum atomic E-state index is 0.